The van der Waals surface area contributed by atoms with Gasteiger partial charge in [-0.05, 0) is 54.0 Å². The molecule has 0 saturated heterocycles. The average Bonchev–Trinajstić information content (AvgIpc) is 1.94. The first-order valence-corrected chi connectivity index (χ1v) is 5.22. The Kier molecular flexibility index (Phi) is 3.62. The number of aryl methyl sites for hydroxylation is 1. The van der Waals surface area contributed by atoms with Gasteiger partial charge in [-0.2, -0.15) is 0 Å². The normalized spacial score (nSPS) is 9.92. The Labute approximate surface area is 88.6 Å². The topological polar surface area (TPSA) is 17.1 Å². The number of hydrogen-bond acceptors (Lipinski definition) is 2. The molecule has 1 rings (SSSR count). The lowest BCUT2D eigenvalue weighted by molar-refractivity contribution is 0.276. The van der Waals surface area contributed by atoms with Crippen molar-refractivity contribution < 1.29 is 4.79 Å². The van der Waals surface area contributed by atoms with Crippen molar-refractivity contribution in [2.24, 2.45) is 0 Å². The van der Waals surface area contributed by atoms with Crippen LogP contribution in [0.4, 0.5) is 4.79 Å². The Morgan fingerprint density at radius 2 is 2.25 bits per heavy atom. The number of hydrogen-bond donors (Lipinski definition) is 0. The third-order valence-electron chi connectivity index (χ3n) is 1.33. The van der Waals surface area contributed by atoms with Gasteiger partial charge < -0.3 is 0 Å². The van der Waals surface area contributed by atoms with E-state index in [2.05, 4.69) is 15.9 Å². The Balaban J connectivity index is 2.93. The molecular formula is C8H6BrClOS. The third kappa shape index (κ3) is 2.81. The van der Waals surface area contributed by atoms with E-state index in [4.69, 9.17) is 11.6 Å². The summed E-state index contributed by atoms with van der Waals surface area (Å²) in [4.78, 5) is 11.5. The maximum Gasteiger partial charge on any atom is 0.284 e. The highest BCUT2D eigenvalue weighted by molar-refractivity contribution is 9.10. The lowest BCUT2D eigenvalue weighted by atomic mass is 10.2. The van der Waals surface area contributed by atoms with Crippen LogP contribution in [0, 0.1) is 6.92 Å². The quantitative estimate of drug-likeness (QED) is 0.559. The summed E-state index contributed by atoms with van der Waals surface area (Å²) in [7, 11) is 0. The molecule has 64 valence electrons. The van der Waals surface area contributed by atoms with E-state index in [-0.39, 0.29) is 0 Å². The van der Waals surface area contributed by atoms with Crippen molar-refractivity contribution in [1.29, 1.82) is 0 Å². The number of rotatable bonds is 1. The second-order valence-electron chi connectivity index (χ2n) is 2.25. The number of halogens is 2. The molecular weight excluding hydrogens is 260 g/mol. The van der Waals surface area contributed by atoms with Gasteiger partial charge >= 0.3 is 0 Å². The third-order valence-corrected chi connectivity index (χ3v) is 2.89. The molecule has 0 aliphatic carbocycles. The molecule has 0 atom stereocenters. The summed E-state index contributed by atoms with van der Waals surface area (Å²) in [5, 5.41) is 0. The summed E-state index contributed by atoms with van der Waals surface area (Å²) in [6.07, 6.45) is 0. The maximum atomic E-state index is 10.6. The largest absolute Gasteiger partial charge is 0.284 e. The molecule has 0 aliphatic rings. The zero-order valence-electron chi connectivity index (χ0n) is 6.30. The van der Waals surface area contributed by atoms with E-state index in [1.165, 1.54) is 0 Å². The molecule has 0 aliphatic heterocycles. The van der Waals surface area contributed by atoms with Gasteiger partial charge in [-0.1, -0.05) is 15.9 Å². The molecule has 1 nitrogen and oxygen atoms in total. The fourth-order valence-corrected chi connectivity index (χ4v) is 2.07. The summed E-state index contributed by atoms with van der Waals surface area (Å²) in [5.41, 5.74) is 1.04. The van der Waals surface area contributed by atoms with Crippen LogP contribution in [0.2, 0.25) is 0 Å². The van der Waals surface area contributed by atoms with E-state index in [0.717, 1.165) is 26.7 Å². The van der Waals surface area contributed by atoms with Crippen LogP contribution in [-0.4, -0.2) is 4.57 Å². The van der Waals surface area contributed by atoms with Gasteiger partial charge in [0, 0.05) is 9.37 Å². The van der Waals surface area contributed by atoms with Gasteiger partial charge in [0.1, 0.15) is 0 Å². The predicted molar refractivity (Wildman–Crippen MR) is 56.0 cm³/mol. The smallest absolute Gasteiger partial charge is 0.268 e. The number of thioether (sulfide) groups is 1. The number of benzene rings is 1. The van der Waals surface area contributed by atoms with Crippen molar-refractivity contribution in [3.63, 3.8) is 0 Å². The van der Waals surface area contributed by atoms with Gasteiger partial charge in [0.15, 0.2) is 0 Å². The lowest BCUT2D eigenvalue weighted by Crippen LogP contribution is -1.81. The highest BCUT2D eigenvalue weighted by Gasteiger charge is 2.03. The maximum absolute atomic E-state index is 10.6. The average molecular weight is 266 g/mol. The Morgan fingerprint density at radius 1 is 1.58 bits per heavy atom. The van der Waals surface area contributed by atoms with Gasteiger partial charge in [-0.15, -0.1) is 0 Å². The van der Waals surface area contributed by atoms with Crippen LogP contribution in [0.5, 0.6) is 0 Å². The summed E-state index contributed by atoms with van der Waals surface area (Å²) in [6, 6.07) is 5.70. The number of carbonyl (C=O) groups is 1. The summed E-state index contributed by atoms with van der Waals surface area (Å²) >= 11 is 9.61. The highest BCUT2D eigenvalue weighted by atomic mass is 79.9. The standard InChI is InChI=1S/C8H6BrClOS/c1-5-4-6(9)2-3-7(5)12-8(10)11/h2-4H,1H3. The first kappa shape index (κ1) is 10.1. The summed E-state index contributed by atoms with van der Waals surface area (Å²) in [5.74, 6) is 0. The molecule has 0 radical (unpaired) electrons. The fourth-order valence-electron chi connectivity index (χ4n) is 0.814. The molecule has 0 spiro atoms. The Morgan fingerprint density at radius 3 is 2.75 bits per heavy atom. The van der Waals surface area contributed by atoms with Crippen LogP contribution < -0.4 is 0 Å². The lowest BCUT2D eigenvalue weighted by Gasteiger charge is -2.01. The van der Waals surface area contributed by atoms with Crippen LogP contribution >= 0.6 is 39.3 Å². The Bertz CT molecular complexity index is 314. The minimum absolute atomic E-state index is 0.402. The molecule has 0 heterocycles. The van der Waals surface area contributed by atoms with E-state index < -0.39 is 4.57 Å². The van der Waals surface area contributed by atoms with Crippen molar-refractivity contribution >= 4 is 43.9 Å². The van der Waals surface area contributed by atoms with E-state index in [1.54, 1.807) is 0 Å². The van der Waals surface area contributed by atoms with Gasteiger partial charge in [0.05, 0.1) is 0 Å². The van der Waals surface area contributed by atoms with Crippen molar-refractivity contribution in [3.05, 3.63) is 28.2 Å². The molecule has 12 heavy (non-hydrogen) atoms. The van der Waals surface area contributed by atoms with Crippen LogP contribution in [0.15, 0.2) is 27.6 Å². The van der Waals surface area contributed by atoms with E-state index in [9.17, 15) is 4.79 Å². The van der Waals surface area contributed by atoms with Crippen LogP contribution in [0.3, 0.4) is 0 Å². The fraction of sp³-hybridized carbons (Fsp3) is 0.125. The SMILES string of the molecule is Cc1cc(Br)ccc1SC(=O)Cl. The molecule has 0 aromatic heterocycles. The monoisotopic (exact) mass is 264 g/mol. The van der Waals surface area contributed by atoms with Gasteiger partial charge in [-0.25, -0.2) is 0 Å². The molecule has 0 fully saturated rings. The second kappa shape index (κ2) is 4.30. The van der Waals surface area contributed by atoms with E-state index in [0.29, 0.717) is 0 Å². The zero-order valence-corrected chi connectivity index (χ0v) is 9.46. The second-order valence-corrected chi connectivity index (χ2v) is 4.75. The molecule has 0 saturated carbocycles. The molecule has 4 heteroatoms. The van der Waals surface area contributed by atoms with E-state index >= 15 is 0 Å². The van der Waals surface area contributed by atoms with E-state index in [1.807, 2.05) is 25.1 Å². The van der Waals surface area contributed by atoms with Crippen molar-refractivity contribution in [2.75, 3.05) is 0 Å². The van der Waals surface area contributed by atoms with Gasteiger partial charge in [0.2, 0.25) is 0 Å². The Hall–Kier alpha value is 0.01000. The molecule has 0 bridgehead atoms. The summed E-state index contributed by atoms with van der Waals surface area (Å²) < 4.78 is 0.604. The van der Waals surface area contributed by atoms with Crippen molar-refractivity contribution in [1.82, 2.24) is 0 Å². The first-order valence-electron chi connectivity index (χ1n) is 3.23. The minimum Gasteiger partial charge on any atom is -0.268 e. The van der Waals surface area contributed by atoms with Crippen molar-refractivity contribution in [2.45, 2.75) is 11.8 Å². The molecule has 0 unspecified atom stereocenters. The minimum atomic E-state index is -0.402. The van der Waals surface area contributed by atoms with Crippen LogP contribution in [0.25, 0.3) is 0 Å². The molecule has 1 aromatic rings. The zero-order chi connectivity index (χ0) is 9.14. The van der Waals surface area contributed by atoms with Gasteiger partial charge in [-0.3, -0.25) is 4.79 Å². The molecule has 0 amide bonds. The van der Waals surface area contributed by atoms with Crippen molar-refractivity contribution in [3.8, 4) is 0 Å². The first-order chi connectivity index (χ1) is 5.59. The highest BCUT2D eigenvalue weighted by Crippen LogP contribution is 2.27. The molecule has 0 N–H and O–H groups in total. The van der Waals surface area contributed by atoms with Gasteiger partial charge in [0.25, 0.3) is 4.57 Å². The predicted octanol–water partition coefficient (Wildman–Crippen LogP) is 4.21. The molecule has 1 aromatic carbocycles. The summed E-state index contributed by atoms with van der Waals surface area (Å²) in [6.45, 7) is 1.94. The number of carbonyl (C=O) groups excluding carboxylic acids is 1. The van der Waals surface area contributed by atoms with Crippen LogP contribution in [0.1, 0.15) is 5.56 Å². The van der Waals surface area contributed by atoms with Crippen LogP contribution in [-0.2, 0) is 0 Å².